The van der Waals surface area contributed by atoms with E-state index in [0.717, 1.165) is 4.90 Å². The summed E-state index contributed by atoms with van der Waals surface area (Å²) >= 11 is 1.23. The molecule has 1 aromatic rings. The third kappa shape index (κ3) is 4.92. The number of amides is 1. The fourth-order valence-electron chi connectivity index (χ4n) is 1.45. The smallest absolute Gasteiger partial charge is 0.316 e. The average molecular weight is 283 g/mol. The Labute approximate surface area is 116 Å². The molecule has 1 rings (SSSR count). The lowest BCUT2D eigenvalue weighted by Crippen LogP contribution is -2.18. The summed E-state index contributed by atoms with van der Waals surface area (Å²) in [6.45, 7) is 1.78. The van der Waals surface area contributed by atoms with Crippen molar-refractivity contribution in [2.24, 2.45) is 0 Å². The molecular weight excluding hydrogens is 266 g/mol. The Morgan fingerprint density at radius 3 is 2.68 bits per heavy atom. The van der Waals surface area contributed by atoms with Crippen LogP contribution in [0.4, 0.5) is 5.69 Å². The Morgan fingerprint density at radius 1 is 1.42 bits per heavy atom. The summed E-state index contributed by atoms with van der Waals surface area (Å²) in [6, 6.07) is 7.13. The molecule has 0 spiro atoms. The Kier molecular flexibility index (Phi) is 6.38. The third-order valence-electron chi connectivity index (χ3n) is 2.35. The molecule has 0 aliphatic heterocycles. The molecule has 1 amide bonds. The number of ether oxygens (including phenoxy) is 1. The Hall–Kier alpha value is -1.53. The summed E-state index contributed by atoms with van der Waals surface area (Å²) in [7, 11) is 1.44. The number of thioether (sulfide) groups is 1. The fourth-order valence-corrected chi connectivity index (χ4v) is 2.43. The lowest BCUT2D eigenvalue weighted by atomic mass is 10.3. The first kappa shape index (κ1) is 15.5. The van der Waals surface area contributed by atoms with Crippen molar-refractivity contribution in [2.75, 3.05) is 19.0 Å². The van der Waals surface area contributed by atoms with Crippen LogP contribution < -0.4 is 5.32 Å². The Balaban J connectivity index is 2.83. The molecule has 0 aliphatic rings. The maximum Gasteiger partial charge on any atom is 0.316 e. The van der Waals surface area contributed by atoms with Crippen LogP contribution in [0, 0.1) is 0 Å². The molecule has 0 radical (unpaired) electrons. The summed E-state index contributed by atoms with van der Waals surface area (Å²) in [5, 5.41) is 11.2. The predicted molar refractivity (Wildman–Crippen MR) is 74.5 cm³/mol. The number of carboxylic acids is 1. The van der Waals surface area contributed by atoms with E-state index in [-0.39, 0.29) is 12.5 Å². The Bertz CT molecular complexity index is 450. The van der Waals surface area contributed by atoms with Gasteiger partial charge in [0.05, 0.1) is 5.69 Å². The van der Waals surface area contributed by atoms with Crippen molar-refractivity contribution in [3.63, 3.8) is 0 Å². The first-order valence-electron chi connectivity index (χ1n) is 5.85. The van der Waals surface area contributed by atoms with E-state index in [1.165, 1.54) is 18.9 Å². The van der Waals surface area contributed by atoms with Crippen molar-refractivity contribution < 1.29 is 19.4 Å². The maximum absolute atomic E-state index is 11.5. The molecule has 1 aromatic carbocycles. The highest BCUT2D eigenvalue weighted by molar-refractivity contribution is 8.00. The molecule has 5 nitrogen and oxygen atoms in total. The number of anilines is 1. The van der Waals surface area contributed by atoms with Crippen molar-refractivity contribution in [3.8, 4) is 0 Å². The van der Waals surface area contributed by atoms with Crippen molar-refractivity contribution in [3.05, 3.63) is 24.3 Å². The number of carbonyl (C=O) groups is 2. The quantitative estimate of drug-likeness (QED) is 0.750. The predicted octanol–water partition coefficient (Wildman–Crippen LogP) is 2.23. The molecule has 2 N–H and O–H groups in total. The first-order chi connectivity index (χ1) is 9.08. The second-order valence-electron chi connectivity index (χ2n) is 3.83. The van der Waals surface area contributed by atoms with Gasteiger partial charge in [0.15, 0.2) is 0 Å². The van der Waals surface area contributed by atoms with Gasteiger partial charge in [-0.3, -0.25) is 9.59 Å². The third-order valence-corrected chi connectivity index (χ3v) is 3.78. The van der Waals surface area contributed by atoms with Gasteiger partial charge in [-0.05, 0) is 18.6 Å². The van der Waals surface area contributed by atoms with Crippen LogP contribution in [0.5, 0.6) is 0 Å². The monoisotopic (exact) mass is 283 g/mol. The van der Waals surface area contributed by atoms with E-state index in [4.69, 9.17) is 9.84 Å². The van der Waals surface area contributed by atoms with Crippen molar-refractivity contribution in [2.45, 2.75) is 23.5 Å². The average Bonchev–Trinajstić information content (AvgIpc) is 2.37. The van der Waals surface area contributed by atoms with Gasteiger partial charge in [0.25, 0.3) is 0 Å². The molecule has 0 fully saturated rings. The number of carboxylic acid groups (broad SMARTS) is 1. The highest BCUT2D eigenvalue weighted by atomic mass is 32.2. The lowest BCUT2D eigenvalue weighted by Gasteiger charge is -2.13. The number of hydrogen-bond acceptors (Lipinski definition) is 4. The van der Waals surface area contributed by atoms with Gasteiger partial charge in [0.2, 0.25) is 5.91 Å². The zero-order valence-corrected chi connectivity index (χ0v) is 11.7. The van der Waals surface area contributed by atoms with Gasteiger partial charge < -0.3 is 15.2 Å². The lowest BCUT2D eigenvalue weighted by molar-refractivity contribution is -0.136. The van der Waals surface area contributed by atoms with Gasteiger partial charge in [-0.1, -0.05) is 19.1 Å². The first-order valence-corrected chi connectivity index (χ1v) is 6.73. The van der Waals surface area contributed by atoms with Gasteiger partial charge in [-0.15, -0.1) is 11.8 Å². The van der Waals surface area contributed by atoms with Crippen molar-refractivity contribution in [1.82, 2.24) is 0 Å². The number of benzene rings is 1. The van der Waals surface area contributed by atoms with Gasteiger partial charge in [0, 0.05) is 12.0 Å². The van der Waals surface area contributed by atoms with E-state index < -0.39 is 11.2 Å². The summed E-state index contributed by atoms with van der Waals surface area (Å²) in [6.07, 6.45) is 0.514. The summed E-state index contributed by atoms with van der Waals surface area (Å²) in [5.74, 6) is -1.12. The maximum atomic E-state index is 11.5. The van der Waals surface area contributed by atoms with Crippen molar-refractivity contribution >= 4 is 29.3 Å². The zero-order valence-electron chi connectivity index (χ0n) is 10.9. The van der Waals surface area contributed by atoms with E-state index in [9.17, 15) is 9.59 Å². The SMILES string of the molecule is CCC(Sc1ccccc1NC(=O)COC)C(=O)O. The number of methoxy groups -OCH3 is 1. The molecule has 1 unspecified atom stereocenters. The van der Waals surface area contributed by atoms with Crippen LogP contribution in [0.1, 0.15) is 13.3 Å². The van der Waals surface area contributed by atoms with Crippen LogP contribution >= 0.6 is 11.8 Å². The van der Waals surface area contributed by atoms with E-state index in [1.54, 1.807) is 18.2 Å². The standard InChI is InChI=1S/C13H17NO4S/c1-3-10(13(16)17)19-11-7-5-4-6-9(11)14-12(15)8-18-2/h4-7,10H,3,8H2,1-2H3,(H,14,15)(H,16,17). The second-order valence-corrected chi connectivity index (χ2v) is 5.07. The van der Waals surface area contributed by atoms with Gasteiger partial charge in [0.1, 0.15) is 11.9 Å². The van der Waals surface area contributed by atoms with Crippen LogP contribution in [0.25, 0.3) is 0 Å². The summed E-state index contributed by atoms with van der Waals surface area (Å²) in [4.78, 5) is 23.3. The van der Waals surface area contributed by atoms with E-state index in [1.807, 2.05) is 13.0 Å². The van der Waals surface area contributed by atoms with Gasteiger partial charge >= 0.3 is 5.97 Å². The molecule has 0 heterocycles. The Morgan fingerprint density at radius 2 is 2.11 bits per heavy atom. The van der Waals surface area contributed by atoms with Gasteiger partial charge in [-0.25, -0.2) is 0 Å². The van der Waals surface area contributed by atoms with Crippen LogP contribution in [0.2, 0.25) is 0 Å². The van der Waals surface area contributed by atoms with Crippen molar-refractivity contribution in [1.29, 1.82) is 0 Å². The van der Waals surface area contributed by atoms with E-state index >= 15 is 0 Å². The zero-order chi connectivity index (χ0) is 14.3. The molecule has 1 atom stereocenters. The number of rotatable bonds is 7. The molecule has 6 heteroatoms. The number of hydrogen-bond donors (Lipinski definition) is 2. The molecular formula is C13H17NO4S. The minimum absolute atomic E-state index is 0.0326. The largest absolute Gasteiger partial charge is 0.480 e. The minimum Gasteiger partial charge on any atom is -0.480 e. The molecule has 0 saturated carbocycles. The highest BCUT2D eigenvalue weighted by Crippen LogP contribution is 2.31. The minimum atomic E-state index is -0.856. The molecule has 0 aromatic heterocycles. The molecule has 0 aliphatic carbocycles. The molecule has 104 valence electrons. The number of nitrogens with one attached hydrogen (secondary N) is 1. The van der Waals surface area contributed by atoms with E-state index in [2.05, 4.69) is 5.32 Å². The topological polar surface area (TPSA) is 75.6 Å². The number of para-hydroxylation sites is 1. The van der Waals surface area contributed by atoms with Crippen LogP contribution in [0.15, 0.2) is 29.2 Å². The molecule has 19 heavy (non-hydrogen) atoms. The molecule has 0 bridgehead atoms. The normalized spacial score (nSPS) is 11.9. The van der Waals surface area contributed by atoms with Gasteiger partial charge in [-0.2, -0.15) is 0 Å². The fraction of sp³-hybridized carbons (Fsp3) is 0.385. The number of aliphatic carboxylic acids is 1. The molecule has 0 saturated heterocycles. The van der Waals surface area contributed by atoms with E-state index in [0.29, 0.717) is 12.1 Å². The summed E-state index contributed by atoms with van der Waals surface area (Å²) in [5.41, 5.74) is 0.606. The highest BCUT2D eigenvalue weighted by Gasteiger charge is 2.18. The van der Waals surface area contributed by atoms with Crippen LogP contribution in [0.3, 0.4) is 0 Å². The second kappa shape index (κ2) is 7.81. The van der Waals surface area contributed by atoms with Crippen LogP contribution in [-0.4, -0.2) is 35.9 Å². The summed E-state index contributed by atoms with van der Waals surface area (Å²) < 4.78 is 4.74. The number of carbonyl (C=O) groups excluding carboxylic acids is 1. The van der Waals surface area contributed by atoms with Crippen LogP contribution in [-0.2, 0) is 14.3 Å².